The highest BCUT2D eigenvalue weighted by Crippen LogP contribution is 2.02. The van der Waals surface area contributed by atoms with Crippen LogP contribution in [0.15, 0.2) is 0 Å². The Labute approximate surface area is 51.4 Å². The second kappa shape index (κ2) is 4.90. The predicted octanol–water partition coefficient (Wildman–Crippen LogP) is 1.80. The molecule has 0 amide bonds. The molecule has 0 rings (SSSR count). The average molecular weight is 138 g/mol. The highest BCUT2D eigenvalue weighted by Gasteiger charge is 1.97. The Bertz CT molecular complexity index is 68.4. The van der Waals surface area contributed by atoms with E-state index in [0.717, 1.165) is 11.8 Å². The van der Waals surface area contributed by atoms with E-state index in [1.54, 1.807) is 6.92 Å². The predicted molar refractivity (Wildman–Crippen MR) is 30.6 cm³/mol. The number of rotatable bonds is 2. The molecular formula is C4H7FO2S. The minimum atomic E-state index is -1.02. The molecule has 0 fully saturated rings. The Morgan fingerprint density at radius 2 is 2.50 bits per heavy atom. The highest BCUT2D eigenvalue weighted by molar-refractivity contribution is 8.13. The second-order valence-electron chi connectivity index (χ2n) is 0.936. The van der Waals surface area contributed by atoms with Crippen molar-refractivity contribution < 1.29 is 13.9 Å². The van der Waals surface area contributed by atoms with Crippen molar-refractivity contribution in [1.82, 2.24) is 0 Å². The highest BCUT2D eigenvalue weighted by atomic mass is 32.2. The largest absolute Gasteiger partial charge is 0.426 e. The zero-order valence-corrected chi connectivity index (χ0v) is 5.33. The van der Waals surface area contributed by atoms with E-state index in [-0.39, 0.29) is 0 Å². The van der Waals surface area contributed by atoms with Gasteiger partial charge in [-0.2, -0.15) is 0 Å². The van der Waals surface area contributed by atoms with E-state index in [1.807, 2.05) is 0 Å². The molecule has 0 spiro atoms. The number of hydrogen-bond donors (Lipinski definition) is 0. The summed E-state index contributed by atoms with van der Waals surface area (Å²) in [5.41, 5.74) is 0. The fraction of sp³-hybridized carbons (Fsp3) is 0.750. The van der Waals surface area contributed by atoms with E-state index < -0.39 is 12.2 Å². The fourth-order valence-electron chi connectivity index (χ4n) is 0.204. The first-order chi connectivity index (χ1) is 3.81. The standard InChI is InChI=1S/C4H7FO2S/c1-2-8-4(6)7-3-5/h2-3H2,1H3. The molecule has 0 aliphatic rings. The van der Waals surface area contributed by atoms with Crippen LogP contribution in [-0.4, -0.2) is 17.9 Å². The van der Waals surface area contributed by atoms with Crippen LogP contribution in [0.1, 0.15) is 6.92 Å². The average Bonchev–Trinajstić information content (AvgIpc) is 1.68. The monoisotopic (exact) mass is 138 g/mol. The number of hydrogen-bond acceptors (Lipinski definition) is 3. The number of carbonyl (C=O) groups excluding carboxylic acids is 1. The molecule has 8 heavy (non-hydrogen) atoms. The number of alkyl halides is 1. The van der Waals surface area contributed by atoms with Crippen LogP contribution in [0.2, 0.25) is 0 Å². The van der Waals surface area contributed by atoms with Crippen molar-refractivity contribution in [2.24, 2.45) is 0 Å². The quantitative estimate of drug-likeness (QED) is 0.544. The molecule has 0 atom stereocenters. The zero-order valence-electron chi connectivity index (χ0n) is 4.52. The number of thioether (sulfide) groups is 1. The first kappa shape index (κ1) is 7.75. The SMILES string of the molecule is CCSC(=O)OCF. The molecule has 0 saturated carbocycles. The maximum atomic E-state index is 11.1. The van der Waals surface area contributed by atoms with Gasteiger partial charge in [-0.25, -0.2) is 9.18 Å². The van der Waals surface area contributed by atoms with Gasteiger partial charge in [0.05, 0.1) is 0 Å². The van der Waals surface area contributed by atoms with Crippen LogP contribution in [0.5, 0.6) is 0 Å². The topological polar surface area (TPSA) is 26.3 Å². The summed E-state index contributed by atoms with van der Waals surface area (Å²) in [4.78, 5) is 10.1. The van der Waals surface area contributed by atoms with Gasteiger partial charge in [-0.05, 0) is 11.8 Å². The smallest absolute Gasteiger partial charge is 0.369 e. The van der Waals surface area contributed by atoms with Crippen molar-refractivity contribution in [3.63, 3.8) is 0 Å². The van der Waals surface area contributed by atoms with Crippen LogP contribution >= 0.6 is 11.8 Å². The first-order valence-electron chi connectivity index (χ1n) is 2.16. The molecule has 0 aromatic heterocycles. The Kier molecular flexibility index (Phi) is 4.75. The normalized spacial score (nSPS) is 8.75. The van der Waals surface area contributed by atoms with Crippen molar-refractivity contribution in [3.8, 4) is 0 Å². The van der Waals surface area contributed by atoms with Gasteiger partial charge in [0, 0.05) is 5.75 Å². The Morgan fingerprint density at radius 1 is 1.88 bits per heavy atom. The third kappa shape index (κ3) is 3.92. The van der Waals surface area contributed by atoms with Gasteiger partial charge < -0.3 is 4.74 Å². The van der Waals surface area contributed by atoms with Crippen molar-refractivity contribution in [2.75, 3.05) is 12.6 Å². The lowest BCUT2D eigenvalue weighted by Gasteiger charge is -1.93. The van der Waals surface area contributed by atoms with Crippen molar-refractivity contribution in [2.45, 2.75) is 6.92 Å². The minimum absolute atomic E-state index is 0.546. The lowest BCUT2D eigenvalue weighted by atomic mass is 11.0. The lowest BCUT2D eigenvalue weighted by Crippen LogP contribution is -1.94. The van der Waals surface area contributed by atoms with Gasteiger partial charge in [0.1, 0.15) is 0 Å². The van der Waals surface area contributed by atoms with E-state index >= 15 is 0 Å². The molecule has 0 bridgehead atoms. The number of carbonyl (C=O) groups is 1. The third-order valence-electron chi connectivity index (χ3n) is 0.435. The van der Waals surface area contributed by atoms with E-state index in [1.165, 1.54) is 0 Å². The van der Waals surface area contributed by atoms with E-state index in [2.05, 4.69) is 4.74 Å². The second-order valence-corrected chi connectivity index (χ2v) is 2.14. The maximum Gasteiger partial charge on any atom is 0.369 e. The van der Waals surface area contributed by atoms with Crippen molar-refractivity contribution >= 4 is 17.1 Å². The lowest BCUT2D eigenvalue weighted by molar-refractivity contribution is 0.122. The minimum Gasteiger partial charge on any atom is -0.426 e. The maximum absolute atomic E-state index is 11.1. The molecule has 0 aliphatic heterocycles. The molecule has 0 aromatic carbocycles. The van der Waals surface area contributed by atoms with E-state index in [4.69, 9.17) is 0 Å². The zero-order chi connectivity index (χ0) is 6.41. The molecule has 0 radical (unpaired) electrons. The summed E-state index contributed by atoms with van der Waals surface area (Å²) < 4.78 is 15.1. The molecule has 0 aromatic rings. The first-order valence-corrected chi connectivity index (χ1v) is 3.15. The molecule has 0 aliphatic carbocycles. The van der Waals surface area contributed by atoms with Gasteiger partial charge in [0.2, 0.25) is 6.86 Å². The summed E-state index contributed by atoms with van der Waals surface area (Å²) >= 11 is 0.955. The Hall–Kier alpha value is -0.250. The van der Waals surface area contributed by atoms with Gasteiger partial charge in [-0.1, -0.05) is 6.92 Å². The summed E-state index contributed by atoms with van der Waals surface area (Å²) in [5.74, 6) is 0.624. The fourth-order valence-corrected chi connectivity index (χ4v) is 0.568. The van der Waals surface area contributed by atoms with Crippen molar-refractivity contribution in [1.29, 1.82) is 0 Å². The van der Waals surface area contributed by atoms with Crippen LogP contribution in [0, 0.1) is 0 Å². The van der Waals surface area contributed by atoms with Gasteiger partial charge in [0.15, 0.2) is 0 Å². The van der Waals surface area contributed by atoms with Crippen LogP contribution in [-0.2, 0) is 4.74 Å². The third-order valence-corrected chi connectivity index (χ3v) is 1.08. The molecule has 4 heteroatoms. The molecule has 0 heterocycles. The van der Waals surface area contributed by atoms with Crippen molar-refractivity contribution in [3.05, 3.63) is 0 Å². The van der Waals surface area contributed by atoms with Gasteiger partial charge in [0.25, 0.3) is 0 Å². The van der Waals surface area contributed by atoms with Gasteiger partial charge in [-0.3, -0.25) is 0 Å². The van der Waals surface area contributed by atoms with Gasteiger partial charge in [-0.15, -0.1) is 0 Å². The van der Waals surface area contributed by atoms with E-state index in [0.29, 0.717) is 5.75 Å². The van der Waals surface area contributed by atoms with Crippen LogP contribution in [0.3, 0.4) is 0 Å². The van der Waals surface area contributed by atoms with Crippen LogP contribution < -0.4 is 0 Å². The summed E-state index contributed by atoms with van der Waals surface area (Å²) in [5, 5.41) is -0.546. The molecule has 2 nitrogen and oxygen atoms in total. The molecule has 0 unspecified atom stereocenters. The molecule has 48 valence electrons. The summed E-state index contributed by atoms with van der Waals surface area (Å²) in [6.45, 7) is 0.774. The Balaban J connectivity index is 3.06. The van der Waals surface area contributed by atoms with Crippen LogP contribution in [0.25, 0.3) is 0 Å². The number of halogens is 1. The van der Waals surface area contributed by atoms with E-state index in [9.17, 15) is 9.18 Å². The molecular weight excluding hydrogens is 131 g/mol. The molecule has 0 N–H and O–H groups in total. The number of ether oxygens (including phenoxy) is 1. The summed E-state index contributed by atoms with van der Waals surface area (Å²) in [6, 6.07) is 0. The Morgan fingerprint density at radius 3 is 2.88 bits per heavy atom. The van der Waals surface area contributed by atoms with Gasteiger partial charge >= 0.3 is 5.30 Å². The summed E-state index contributed by atoms with van der Waals surface area (Å²) in [7, 11) is 0. The van der Waals surface area contributed by atoms with Crippen LogP contribution in [0.4, 0.5) is 9.18 Å². The summed E-state index contributed by atoms with van der Waals surface area (Å²) in [6.07, 6.45) is 0. The molecule has 0 saturated heterocycles.